The van der Waals surface area contributed by atoms with Crippen LogP contribution in [0.4, 0.5) is 5.69 Å². The zero-order chi connectivity index (χ0) is 17.8. The molecule has 0 aliphatic carbocycles. The highest BCUT2D eigenvalue weighted by atomic mass is 16.6. The second-order valence-corrected chi connectivity index (χ2v) is 5.34. The van der Waals surface area contributed by atoms with E-state index >= 15 is 0 Å². The minimum atomic E-state index is -0.440. The number of nitrogens with zero attached hydrogens (tertiary/aromatic N) is 2. The summed E-state index contributed by atoms with van der Waals surface area (Å²) in [6.45, 7) is 1.34. The lowest BCUT2D eigenvalue weighted by Gasteiger charge is -2.07. The highest BCUT2D eigenvalue weighted by Gasteiger charge is 2.08. The molecule has 0 saturated heterocycles. The molecule has 1 heterocycles. The summed E-state index contributed by atoms with van der Waals surface area (Å²) < 4.78 is 5.27. The van der Waals surface area contributed by atoms with Crippen molar-refractivity contribution in [1.82, 2.24) is 4.98 Å². The van der Waals surface area contributed by atoms with Crippen LogP contribution in [0.1, 0.15) is 18.2 Å². The van der Waals surface area contributed by atoms with Crippen molar-refractivity contribution in [2.75, 3.05) is 0 Å². The second-order valence-electron chi connectivity index (χ2n) is 5.34. The molecule has 3 aromatic rings. The van der Waals surface area contributed by atoms with Crippen molar-refractivity contribution in [3.05, 3.63) is 76.0 Å². The molecule has 3 rings (SSSR count). The molecule has 6 heteroatoms. The summed E-state index contributed by atoms with van der Waals surface area (Å²) in [6.07, 6.45) is 3.44. The van der Waals surface area contributed by atoms with Crippen molar-refractivity contribution in [2.24, 2.45) is 0 Å². The topological polar surface area (TPSA) is 82.3 Å². The van der Waals surface area contributed by atoms with E-state index in [-0.39, 0.29) is 5.69 Å². The van der Waals surface area contributed by atoms with Crippen LogP contribution in [0.3, 0.4) is 0 Å². The van der Waals surface area contributed by atoms with E-state index < -0.39 is 10.9 Å². The molecule has 1 aromatic heterocycles. The van der Waals surface area contributed by atoms with E-state index in [0.29, 0.717) is 22.5 Å². The van der Waals surface area contributed by atoms with E-state index in [1.807, 2.05) is 24.3 Å². The Balaban J connectivity index is 1.99. The molecule has 6 nitrogen and oxygen atoms in total. The van der Waals surface area contributed by atoms with Crippen molar-refractivity contribution in [2.45, 2.75) is 6.92 Å². The summed E-state index contributed by atoms with van der Waals surface area (Å²) in [5, 5.41) is 11.6. The van der Waals surface area contributed by atoms with Crippen molar-refractivity contribution in [1.29, 1.82) is 0 Å². The third-order valence-electron chi connectivity index (χ3n) is 3.48. The van der Waals surface area contributed by atoms with Gasteiger partial charge in [-0.05, 0) is 23.8 Å². The van der Waals surface area contributed by atoms with Gasteiger partial charge in [-0.3, -0.25) is 14.9 Å². The lowest BCUT2D eigenvalue weighted by Crippen LogP contribution is -2.02. The fraction of sp³-hybridized carbons (Fsp3) is 0.0526. The van der Waals surface area contributed by atoms with Crippen LogP contribution >= 0.6 is 0 Å². The van der Waals surface area contributed by atoms with Gasteiger partial charge in [0.25, 0.3) is 5.69 Å². The first kappa shape index (κ1) is 16.3. The Labute approximate surface area is 143 Å². The standard InChI is InChI=1S/C19H14N2O4/c1-13(22)25-19-12-15(20-18-8-3-2-7-17(18)19)10-9-14-5-4-6-16(11-14)21(23)24/h2-12H,1H3/b10-9+. The van der Waals surface area contributed by atoms with Crippen LogP contribution in [0, 0.1) is 10.1 Å². The Hall–Kier alpha value is -3.54. The summed E-state index contributed by atoms with van der Waals surface area (Å²) in [7, 11) is 0. The number of hydrogen-bond donors (Lipinski definition) is 0. The minimum absolute atomic E-state index is 0.0224. The maximum Gasteiger partial charge on any atom is 0.308 e. The molecule has 0 aliphatic heterocycles. The van der Waals surface area contributed by atoms with Crippen molar-refractivity contribution in [3.63, 3.8) is 0 Å². The molecule has 0 unspecified atom stereocenters. The first-order valence-electron chi connectivity index (χ1n) is 7.54. The predicted molar refractivity (Wildman–Crippen MR) is 95.1 cm³/mol. The number of esters is 1. The number of non-ortho nitro benzene ring substituents is 1. The minimum Gasteiger partial charge on any atom is -0.426 e. The predicted octanol–water partition coefficient (Wildman–Crippen LogP) is 4.24. The van der Waals surface area contributed by atoms with Gasteiger partial charge in [-0.1, -0.05) is 30.3 Å². The Morgan fingerprint density at radius 3 is 2.68 bits per heavy atom. The zero-order valence-corrected chi connectivity index (χ0v) is 13.4. The highest BCUT2D eigenvalue weighted by Crippen LogP contribution is 2.26. The largest absolute Gasteiger partial charge is 0.426 e. The molecule has 0 spiro atoms. The third kappa shape index (κ3) is 3.87. The summed E-state index contributed by atoms with van der Waals surface area (Å²) in [5.41, 5.74) is 1.98. The number of nitro benzene ring substituents is 1. The molecule has 0 atom stereocenters. The van der Waals surface area contributed by atoms with E-state index in [9.17, 15) is 14.9 Å². The van der Waals surface area contributed by atoms with Gasteiger partial charge in [0.05, 0.1) is 16.1 Å². The molecule has 0 saturated carbocycles. The molecule has 0 amide bonds. The van der Waals surface area contributed by atoms with Gasteiger partial charge >= 0.3 is 5.97 Å². The number of fused-ring (bicyclic) bond motifs is 1. The number of hydrogen-bond acceptors (Lipinski definition) is 5. The number of rotatable bonds is 4. The Kier molecular flexibility index (Phi) is 4.52. The van der Waals surface area contributed by atoms with E-state index in [4.69, 9.17) is 4.74 Å². The first-order valence-corrected chi connectivity index (χ1v) is 7.54. The molecule has 124 valence electrons. The van der Waals surface area contributed by atoms with Gasteiger partial charge in [-0.25, -0.2) is 4.98 Å². The van der Waals surface area contributed by atoms with Gasteiger partial charge in [-0.15, -0.1) is 0 Å². The lowest BCUT2D eigenvalue weighted by atomic mass is 10.1. The van der Waals surface area contributed by atoms with Gasteiger partial charge in [0, 0.05) is 30.5 Å². The number of benzene rings is 2. The lowest BCUT2D eigenvalue weighted by molar-refractivity contribution is -0.384. The molecule has 0 N–H and O–H groups in total. The van der Waals surface area contributed by atoms with Gasteiger partial charge in [0.2, 0.25) is 0 Å². The van der Waals surface area contributed by atoms with E-state index in [0.717, 1.165) is 5.39 Å². The van der Waals surface area contributed by atoms with Crippen LogP contribution in [-0.2, 0) is 4.79 Å². The van der Waals surface area contributed by atoms with Crippen LogP contribution in [-0.4, -0.2) is 15.9 Å². The molecule has 0 fully saturated rings. The second kappa shape index (κ2) is 6.92. The molecule has 0 radical (unpaired) electrons. The van der Waals surface area contributed by atoms with Crippen LogP contribution in [0.15, 0.2) is 54.6 Å². The van der Waals surface area contributed by atoms with Crippen LogP contribution in [0.2, 0.25) is 0 Å². The number of pyridine rings is 1. The summed E-state index contributed by atoms with van der Waals surface area (Å²) in [5.74, 6) is 0.0155. The average Bonchev–Trinajstić information content (AvgIpc) is 2.60. The van der Waals surface area contributed by atoms with Gasteiger partial charge in [-0.2, -0.15) is 0 Å². The van der Waals surface area contributed by atoms with Gasteiger partial charge in [0.1, 0.15) is 5.75 Å². The SMILES string of the molecule is CC(=O)Oc1cc(/C=C/c2cccc([N+](=O)[O-])c2)nc2ccccc12. The Morgan fingerprint density at radius 2 is 1.92 bits per heavy atom. The number of nitro groups is 1. The molecular formula is C19H14N2O4. The van der Waals surface area contributed by atoms with Crippen molar-refractivity contribution in [3.8, 4) is 5.75 Å². The quantitative estimate of drug-likeness (QED) is 0.405. The zero-order valence-electron chi connectivity index (χ0n) is 13.4. The third-order valence-corrected chi connectivity index (χ3v) is 3.48. The maximum absolute atomic E-state index is 11.3. The van der Waals surface area contributed by atoms with E-state index in [1.54, 1.807) is 30.4 Å². The fourth-order valence-electron chi connectivity index (χ4n) is 2.41. The highest BCUT2D eigenvalue weighted by molar-refractivity contribution is 5.89. The van der Waals surface area contributed by atoms with Crippen LogP contribution in [0.5, 0.6) is 5.75 Å². The summed E-state index contributed by atoms with van der Waals surface area (Å²) >= 11 is 0. The average molecular weight is 334 g/mol. The number of carbonyl (C=O) groups is 1. The Bertz CT molecular complexity index is 996. The summed E-state index contributed by atoms with van der Waals surface area (Å²) in [6, 6.07) is 15.3. The van der Waals surface area contributed by atoms with Crippen molar-refractivity contribution >= 4 is 34.7 Å². The smallest absolute Gasteiger partial charge is 0.308 e. The normalized spacial score (nSPS) is 10.9. The molecular weight excluding hydrogens is 320 g/mol. The number of para-hydroxylation sites is 1. The molecule has 25 heavy (non-hydrogen) atoms. The number of ether oxygens (including phenoxy) is 1. The monoisotopic (exact) mass is 334 g/mol. The fourth-order valence-corrected chi connectivity index (χ4v) is 2.41. The van der Waals surface area contributed by atoms with Gasteiger partial charge < -0.3 is 4.74 Å². The maximum atomic E-state index is 11.3. The number of aromatic nitrogens is 1. The van der Waals surface area contributed by atoms with Crippen LogP contribution < -0.4 is 4.74 Å². The van der Waals surface area contributed by atoms with Crippen molar-refractivity contribution < 1.29 is 14.5 Å². The number of carbonyl (C=O) groups excluding carboxylic acids is 1. The molecule has 0 bridgehead atoms. The van der Waals surface area contributed by atoms with Gasteiger partial charge in [0.15, 0.2) is 0 Å². The van der Waals surface area contributed by atoms with Crippen LogP contribution in [0.25, 0.3) is 23.1 Å². The summed E-state index contributed by atoms with van der Waals surface area (Å²) in [4.78, 5) is 26.2. The van der Waals surface area contributed by atoms with E-state index in [2.05, 4.69) is 4.98 Å². The first-order chi connectivity index (χ1) is 12.0. The Morgan fingerprint density at radius 1 is 1.12 bits per heavy atom. The van der Waals surface area contributed by atoms with E-state index in [1.165, 1.54) is 19.1 Å². The molecule has 2 aromatic carbocycles. The molecule has 0 aliphatic rings.